The van der Waals surface area contributed by atoms with Crippen LogP contribution in [0.5, 0.6) is 0 Å². The lowest BCUT2D eigenvalue weighted by atomic mass is 10.2. The van der Waals surface area contributed by atoms with E-state index in [0.717, 1.165) is 25.1 Å². The highest BCUT2D eigenvalue weighted by atomic mass is 19.1. The second-order valence-corrected chi connectivity index (χ2v) is 5.42. The molecule has 0 bridgehead atoms. The van der Waals surface area contributed by atoms with Crippen LogP contribution in [0, 0.1) is 5.82 Å². The van der Waals surface area contributed by atoms with Gasteiger partial charge in [0.1, 0.15) is 0 Å². The Labute approximate surface area is 138 Å². The first-order valence-corrected chi connectivity index (χ1v) is 7.80. The standard InChI is InChI=1S/C18H18FN3O2/c19-15-6-1-5-14-10-16(24-17(14)15)18(23)22-9-3-8-21-12-13-4-2-7-20-11-13/h1-2,4-7,10-11,21H,3,8-9,12H2,(H,22,23). The maximum absolute atomic E-state index is 13.6. The summed E-state index contributed by atoms with van der Waals surface area (Å²) in [5.74, 6) is -0.678. The van der Waals surface area contributed by atoms with Crippen molar-refractivity contribution in [2.75, 3.05) is 13.1 Å². The zero-order chi connectivity index (χ0) is 16.8. The van der Waals surface area contributed by atoms with E-state index < -0.39 is 5.82 Å². The Balaban J connectivity index is 1.41. The first kappa shape index (κ1) is 16.1. The molecule has 5 nitrogen and oxygen atoms in total. The van der Waals surface area contributed by atoms with Crippen molar-refractivity contribution in [3.63, 3.8) is 0 Å². The predicted molar refractivity (Wildman–Crippen MR) is 89.1 cm³/mol. The number of hydrogen-bond donors (Lipinski definition) is 2. The van der Waals surface area contributed by atoms with E-state index in [2.05, 4.69) is 15.6 Å². The summed E-state index contributed by atoms with van der Waals surface area (Å²) < 4.78 is 18.8. The van der Waals surface area contributed by atoms with E-state index in [4.69, 9.17) is 4.42 Å². The van der Waals surface area contributed by atoms with Gasteiger partial charge in [0, 0.05) is 30.9 Å². The van der Waals surface area contributed by atoms with E-state index in [0.29, 0.717) is 11.9 Å². The monoisotopic (exact) mass is 327 g/mol. The maximum atomic E-state index is 13.6. The molecular formula is C18H18FN3O2. The number of fused-ring (bicyclic) bond motifs is 1. The Hall–Kier alpha value is -2.73. The summed E-state index contributed by atoms with van der Waals surface area (Å²) in [6.07, 6.45) is 4.33. The van der Waals surface area contributed by atoms with E-state index in [1.165, 1.54) is 6.07 Å². The van der Waals surface area contributed by atoms with Crippen LogP contribution in [-0.4, -0.2) is 24.0 Å². The third-order valence-electron chi connectivity index (χ3n) is 3.59. The fourth-order valence-electron chi connectivity index (χ4n) is 2.38. The minimum atomic E-state index is -0.467. The summed E-state index contributed by atoms with van der Waals surface area (Å²) in [7, 11) is 0. The van der Waals surface area contributed by atoms with Gasteiger partial charge in [-0.05, 0) is 36.7 Å². The lowest BCUT2D eigenvalue weighted by Gasteiger charge is -2.05. The molecule has 24 heavy (non-hydrogen) atoms. The van der Waals surface area contributed by atoms with E-state index in [9.17, 15) is 9.18 Å². The van der Waals surface area contributed by atoms with Crippen LogP contribution in [0.3, 0.4) is 0 Å². The number of pyridine rings is 1. The Morgan fingerprint density at radius 3 is 2.92 bits per heavy atom. The largest absolute Gasteiger partial charge is 0.448 e. The van der Waals surface area contributed by atoms with E-state index in [1.807, 2.05) is 18.3 Å². The Morgan fingerprint density at radius 2 is 2.12 bits per heavy atom. The van der Waals surface area contributed by atoms with Gasteiger partial charge in [0.15, 0.2) is 17.2 Å². The number of amides is 1. The van der Waals surface area contributed by atoms with Crippen LogP contribution in [0.4, 0.5) is 4.39 Å². The Bertz CT molecular complexity index is 818. The second kappa shape index (κ2) is 7.70. The fraction of sp³-hybridized carbons (Fsp3) is 0.222. The minimum absolute atomic E-state index is 0.112. The van der Waals surface area contributed by atoms with Crippen LogP contribution >= 0.6 is 0 Å². The average Bonchev–Trinajstić information content (AvgIpc) is 3.04. The van der Waals surface area contributed by atoms with Gasteiger partial charge in [-0.2, -0.15) is 0 Å². The summed E-state index contributed by atoms with van der Waals surface area (Å²) in [6, 6.07) is 10.1. The number of aromatic nitrogens is 1. The van der Waals surface area contributed by atoms with E-state index in [1.54, 1.807) is 24.4 Å². The van der Waals surface area contributed by atoms with Crippen molar-refractivity contribution in [1.82, 2.24) is 15.6 Å². The number of carbonyl (C=O) groups is 1. The van der Waals surface area contributed by atoms with Gasteiger partial charge in [-0.15, -0.1) is 0 Å². The molecular weight excluding hydrogens is 309 g/mol. The van der Waals surface area contributed by atoms with Crippen LogP contribution in [0.1, 0.15) is 22.5 Å². The van der Waals surface area contributed by atoms with E-state index in [-0.39, 0.29) is 17.3 Å². The number of nitrogens with zero attached hydrogens (tertiary/aromatic N) is 1. The molecule has 124 valence electrons. The van der Waals surface area contributed by atoms with Gasteiger partial charge in [0.25, 0.3) is 5.91 Å². The normalized spacial score (nSPS) is 10.9. The molecule has 1 aromatic carbocycles. The molecule has 0 saturated heterocycles. The first-order valence-electron chi connectivity index (χ1n) is 7.80. The van der Waals surface area contributed by atoms with Crippen molar-refractivity contribution in [2.45, 2.75) is 13.0 Å². The molecule has 2 aromatic heterocycles. The lowest BCUT2D eigenvalue weighted by molar-refractivity contribution is 0.0927. The van der Waals surface area contributed by atoms with Crippen molar-refractivity contribution in [3.05, 3.63) is 65.9 Å². The zero-order valence-electron chi connectivity index (χ0n) is 13.1. The van der Waals surface area contributed by atoms with Gasteiger partial charge in [-0.1, -0.05) is 18.2 Å². The minimum Gasteiger partial charge on any atom is -0.448 e. The third kappa shape index (κ3) is 3.97. The molecule has 0 atom stereocenters. The van der Waals surface area contributed by atoms with Crippen molar-refractivity contribution in [1.29, 1.82) is 0 Å². The van der Waals surface area contributed by atoms with Crippen LogP contribution in [0.25, 0.3) is 11.0 Å². The number of carbonyl (C=O) groups excluding carboxylic acids is 1. The first-order chi connectivity index (χ1) is 11.7. The molecule has 6 heteroatoms. The van der Waals surface area contributed by atoms with Crippen LogP contribution in [-0.2, 0) is 6.54 Å². The SMILES string of the molecule is O=C(NCCCNCc1cccnc1)c1cc2cccc(F)c2o1. The van der Waals surface area contributed by atoms with Gasteiger partial charge in [-0.3, -0.25) is 9.78 Å². The topological polar surface area (TPSA) is 67.2 Å². The summed E-state index contributed by atoms with van der Waals surface area (Å²) in [5, 5.41) is 6.63. The maximum Gasteiger partial charge on any atom is 0.287 e. The molecule has 2 heterocycles. The number of halogens is 1. The number of nitrogens with one attached hydrogen (secondary N) is 2. The van der Waals surface area contributed by atoms with Gasteiger partial charge >= 0.3 is 0 Å². The van der Waals surface area contributed by atoms with Crippen molar-refractivity contribution in [3.8, 4) is 0 Å². The molecule has 2 N–H and O–H groups in total. The molecule has 0 fully saturated rings. The zero-order valence-corrected chi connectivity index (χ0v) is 13.1. The van der Waals surface area contributed by atoms with Crippen LogP contribution in [0.2, 0.25) is 0 Å². The quantitative estimate of drug-likeness (QED) is 0.655. The smallest absolute Gasteiger partial charge is 0.287 e. The van der Waals surface area contributed by atoms with Gasteiger partial charge < -0.3 is 15.1 Å². The van der Waals surface area contributed by atoms with Gasteiger partial charge in [0.05, 0.1) is 0 Å². The third-order valence-corrected chi connectivity index (χ3v) is 3.59. The summed E-state index contributed by atoms with van der Waals surface area (Å²) in [6.45, 7) is 2.02. The fourth-order valence-corrected chi connectivity index (χ4v) is 2.38. The molecule has 0 spiro atoms. The Kier molecular flexibility index (Phi) is 5.18. The van der Waals surface area contributed by atoms with E-state index >= 15 is 0 Å². The second-order valence-electron chi connectivity index (χ2n) is 5.42. The van der Waals surface area contributed by atoms with Crippen molar-refractivity contribution in [2.24, 2.45) is 0 Å². The average molecular weight is 327 g/mol. The summed E-state index contributed by atoms with van der Waals surface area (Å²) in [4.78, 5) is 16.1. The number of benzene rings is 1. The van der Waals surface area contributed by atoms with Crippen molar-refractivity contribution >= 4 is 16.9 Å². The predicted octanol–water partition coefficient (Wildman–Crippen LogP) is 2.88. The highest BCUT2D eigenvalue weighted by Crippen LogP contribution is 2.21. The van der Waals surface area contributed by atoms with Crippen LogP contribution < -0.4 is 10.6 Å². The summed E-state index contributed by atoms with van der Waals surface area (Å²) in [5.41, 5.74) is 1.23. The number of rotatable bonds is 7. The molecule has 0 aliphatic carbocycles. The van der Waals surface area contributed by atoms with Gasteiger partial charge in [0.2, 0.25) is 0 Å². The summed E-state index contributed by atoms with van der Waals surface area (Å²) >= 11 is 0. The van der Waals surface area contributed by atoms with Crippen LogP contribution in [0.15, 0.2) is 53.2 Å². The lowest BCUT2D eigenvalue weighted by Crippen LogP contribution is -2.27. The molecule has 0 aliphatic rings. The van der Waals surface area contributed by atoms with Gasteiger partial charge in [-0.25, -0.2) is 4.39 Å². The number of hydrogen-bond acceptors (Lipinski definition) is 4. The highest BCUT2D eigenvalue weighted by molar-refractivity contribution is 5.96. The molecule has 3 aromatic rings. The highest BCUT2D eigenvalue weighted by Gasteiger charge is 2.13. The molecule has 0 aliphatic heterocycles. The molecule has 1 amide bonds. The number of para-hydroxylation sites is 1. The molecule has 0 radical (unpaired) electrons. The molecule has 0 unspecified atom stereocenters. The van der Waals surface area contributed by atoms with Crippen molar-refractivity contribution < 1.29 is 13.6 Å². The molecule has 3 rings (SSSR count). The number of furan rings is 1. The Morgan fingerprint density at radius 1 is 1.21 bits per heavy atom. The molecule has 0 saturated carbocycles.